The van der Waals surface area contributed by atoms with Crippen LogP contribution in [0.2, 0.25) is 0 Å². The molecule has 14 heteroatoms. The van der Waals surface area contributed by atoms with Gasteiger partial charge in [-0.3, -0.25) is 0 Å². The van der Waals surface area contributed by atoms with Crippen molar-refractivity contribution in [2.24, 2.45) is 11.5 Å². The summed E-state index contributed by atoms with van der Waals surface area (Å²) in [7, 11) is -8.59. The quantitative estimate of drug-likeness (QED) is 0.249. The van der Waals surface area contributed by atoms with E-state index in [0.717, 1.165) is 0 Å². The normalized spacial score (nSPS) is 12.2. The average Bonchev–Trinajstić information content (AvgIpc) is 3.30. The number of aromatic nitrogens is 4. The fraction of sp³-hybridized carbons (Fsp3) is 0.235. The number of H-pyrrole nitrogens is 1. The first-order valence-electron chi connectivity index (χ1n) is 9.17. The van der Waals surface area contributed by atoms with Crippen LogP contribution in [-0.4, -0.2) is 63.6 Å². The van der Waals surface area contributed by atoms with Gasteiger partial charge < -0.3 is 11.5 Å². The molecular weight excluding hydrogens is 444 g/mol. The van der Waals surface area contributed by atoms with Crippen LogP contribution in [0, 0.1) is 0 Å². The Kier molecular flexibility index (Phi) is 7.09. The van der Waals surface area contributed by atoms with Crippen molar-refractivity contribution >= 4 is 20.0 Å². The smallest absolute Gasteiger partial charge is 0.242 e. The number of aromatic amines is 1. The number of sulfonamides is 2. The van der Waals surface area contributed by atoms with E-state index in [0.29, 0.717) is 11.1 Å². The number of hydrogen-bond donors (Lipinski definition) is 5. The number of benzene rings is 2. The van der Waals surface area contributed by atoms with E-state index in [1.54, 1.807) is 30.3 Å². The first-order valence-corrected chi connectivity index (χ1v) is 12.1. The van der Waals surface area contributed by atoms with Gasteiger partial charge in [-0.15, -0.1) is 10.2 Å². The van der Waals surface area contributed by atoms with E-state index >= 15 is 0 Å². The van der Waals surface area contributed by atoms with Gasteiger partial charge in [0, 0.05) is 26.2 Å². The molecule has 3 aromatic rings. The number of nitrogens with two attached hydrogens (primary N) is 2. The Balaban J connectivity index is 2.41. The van der Waals surface area contributed by atoms with Crippen molar-refractivity contribution < 1.29 is 16.8 Å². The first-order chi connectivity index (χ1) is 14.8. The summed E-state index contributed by atoms with van der Waals surface area (Å²) in [6, 6.07) is 11.6. The van der Waals surface area contributed by atoms with Crippen LogP contribution in [-0.2, 0) is 20.0 Å². The third-order valence-electron chi connectivity index (χ3n) is 4.21. The highest BCUT2D eigenvalue weighted by Gasteiger charge is 2.33. The minimum atomic E-state index is -4.35. The molecule has 0 spiro atoms. The Labute approximate surface area is 179 Å². The van der Waals surface area contributed by atoms with Crippen LogP contribution >= 0.6 is 0 Å². The number of rotatable bonds is 10. The molecule has 0 bridgehead atoms. The summed E-state index contributed by atoms with van der Waals surface area (Å²) in [6.45, 7) is -0.121. The van der Waals surface area contributed by atoms with Crippen molar-refractivity contribution in [2.45, 2.75) is 9.79 Å². The Bertz CT molecular complexity index is 1230. The summed E-state index contributed by atoms with van der Waals surface area (Å²) in [6.07, 6.45) is 0. The number of tetrazole rings is 1. The van der Waals surface area contributed by atoms with Crippen molar-refractivity contribution in [3.05, 3.63) is 42.5 Å². The minimum Gasteiger partial charge on any atom is -0.329 e. The van der Waals surface area contributed by atoms with Crippen LogP contribution < -0.4 is 20.9 Å². The second kappa shape index (κ2) is 9.59. The highest BCUT2D eigenvalue weighted by Crippen LogP contribution is 2.38. The molecule has 0 aliphatic rings. The molecule has 0 atom stereocenters. The lowest BCUT2D eigenvalue weighted by Gasteiger charge is -2.18. The molecule has 0 unspecified atom stereocenters. The number of nitrogens with one attached hydrogen (secondary N) is 3. The van der Waals surface area contributed by atoms with E-state index in [2.05, 4.69) is 30.1 Å². The minimum absolute atomic E-state index is 0.0138. The molecule has 1 heterocycles. The maximum Gasteiger partial charge on any atom is 0.242 e. The Morgan fingerprint density at radius 1 is 0.871 bits per heavy atom. The first kappa shape index (κ1) is 22.9. The molecule has 0 saturated carbocycles. The van der Waals surface area contributed by atoms with Gasteiger partial charge in [-0.1, -0.05) is 36.4 Å². The van der Waals surface area contributed by atoms with Crippen molar-refractivity contribution in [2.75, 3.05) is 26.2 Å². The Morgan fingerprint density at radius 3 is 2.10 bits per heavy atom. The van der Waals surface area contributed by atoms with Crippen LogP contribution in [0.4, 0.5) is 0 Å². The van der Waals surface area contributed by atoms with Crippen molar-refractivity contribution in [1.82, 2.24) is 30.1 Å². The van der Waals surface area contributed by atoms with Gasteiger partial charge in [-0.05, 0) is 22.4 Å². The van der Waals surface area contributed by atoms with Crippen LogP contribution in [0.5, 0.6) is 0 Å². The van der Waals surface area contributed by atoms with Crippen molar-refractivity contribution in [1.29, 1.82) is 0 Å². The average molecular weight is 467 g/mol. The van der Waals surface area contributed by atoms with Crippen molar-refractivity contribution in [3.8, 4) is 22.5 Å². The predicted octanol–water partition coefficient (Wildman–Crippen LogP) is -0.992. The number of hydrogen-bond acceptors (Lipinski definition) is 9. The predicted molar refractivity (Wildman–Crippen MR) is 114 cm³/mol. The lowest BCUT2D eigenvalue weighted by atomic mass is 9.99. The molecule has 0 aliphatic heterocycles. The van der Waals surface area contributed by atoms with E-state index in [9.17, 15) is 16.8 Å². The molecule has 7 N–H and O–H groups in total. The summed E-state index contributed by atoms with van der Waals surface area (Å²) in [5.41, 5.74) is 11.9. The zero-order valence-electron chi connectivity index (χ0n) is 16.3. The SMILES string of the molecule is NCCNS(=O)(=O)c1ccc(-c2ccccc2)c(-c2nn[nH]n2)c1S(=O)(=O)NCCN. The van der Waals surface area contributed by atoms with Crippen LogP contribution in [0.1, 0.15) is 0 Å². The van der Waals surface area contributed by atoms with Gasteiger partial charge >= 0.3 is 0 Å². The molecular formula is C17H22N8O4S2. The molecule has 3 rings (SSSR count). The standard InChI is InChI=1S/C17H22N8O4S2/c18-8-10-20-30(26,27)14-7-6-13(12-4-2-1-3-5-12)15(17-22-24-25-23-17)16(14)31(28,29)21-11-9-19/h1-7,20-21H,8-11,18-19H2,(H,22,23,24,25). The monoisotopic (exact) mass is 466 g/mol. The highest BCUT2D eigenvalue weighted by atomic mass is 32.2. The fourth-order valence-electron chi connectivity index (χ4n) is 2.93. The van der Waals surface area contributed by atoms with E-state index in [1.165, 1.54) is 12.1 Å². The Morgan fingerprint density at radius 2 is 1.52 bits per heavy atom. The van der Waals surface area contributed by atoms with Gasteiger partial charge in [0.2, 0.25) is 25.9 Å². The maximum absolute atomic E-state index is 13.3. The molecule has 2 aromatic carbocycles. The van der Waals surface area contributed by atoms with E-state index in [-0.39, 0.29) is 37.6 Å². The molecule has 0 fully saturated rings. The topological polar surface area (TPSA) is 199 Å². The van der Waals surface area contributed by atoms with Gasteiger partial charge in [-0.2, -0.15) is 5.21 Å². The third-order valence-corrected chi connectivity index (χ3v) is 7.38. The molecule has 1 aromatic heterocycles. The molecule has 12 nitrogen and oxygen atoms in total. The van der Waals surface area contributed by atoms with E-state index in [1.807, 2.05) is 0 Å². The third kappa shape index (κ3) is 4.95. The lowest BCUT2D eigenvalue weighted by Crippen LogP contribution is -2.34. The van der Waals surface area contributed by atoms with E-state index in [4.69, 9.17) is 11.5 Å². The fourth-order valence-corrected chi connectivity index (χ4v) is 6.05. The summed E-state index contributed by atoms with van der Waals surface area (Å²) in [4.78, 5) is -0.974. The summed E-state index contributed by atoms with van der Waals surface area (Å²) >= 11 is 0. The van der Waals surface area contributed by atoms with Gasteiger partial charge in [0.1, 0.15) is 9.79 Å². The number of nitrogens with zero attached hydrogens (tertiary/aromatic N) is 3. The zero-order valence-corrected chi connectivity index (χ0v) is 17.9. The van der Waals surface area contributed by atoms with Gasteiger partial charge in [0.05, 0.1) is 5.56 Å². The highest BCUT2D eigenvalue weighted by molar-refractivity contribution is 7.92. The van der Waals surface area contributed by atoms with Crippen LogP contribution in [0.15, 0.2) is 52.3 Å². The maximum atomic E-state index is 13.3. The summed E-state index contributed by atoms with van der Waals surface area (Å²) in [5.74, 6) is -0.0807. The van der Waals surface area contributed by atoms with Crippen LogP contribution in [0.3, 0.4) is 0 Å². The van der Waals surface area contributed by atoms with Gasteiger partial charge in [-0.25, -0.2) is 26.3 Å². The van der Waals surface area contributed by atoms with Gasteiger partial charge in [0.15, 0.2) is 0 Å². The lowest BCUT2D eigenvalue weighted by molar-refractivity contribution is 0.568. The molecule has 0 saturated heterocycles. The second-order valence-electron chi connectivity index (χ2n) is 6.29. The molecule has 166 valence electrons. The molecule has 0 radical (unpaired) electrons. The van der Waals surface area contributed by atoms with Gasteiger partial charge in [0.25, 0.3) is 0 Å². The second-order valence-corrected chi connectivity index (χ2v) is 9.73. The largest absolute Gasteiger partial charge is 0.329 e. The molecule has 0 amide bonds. The summed E-state index contributed by atoms with van der Waals surface area (Å²) < 4.78 is 57.0. The Hall–Kier alpha value is -2.75. The van der Waals surface area contributed by atoms with Crippen LogP contribution in [0.25, 0.3) is 22.5 Å². The molecule has 0 aliphatic carbocycles. The summed E-state index contributed by atoms with van der Waals surface area (Å²) in [5, 5.41) is 13.6. The van der Waals surface area contributed by atoms with E-state index < -0.39 is 29.8 Å². The zero-order chi connectivity index (χ0) is 22.5. The van der Waals surface area contributed by atoms with Crippen molar-refractivity contribution in [3.63, 3.8) is 0 Å². The molecule has 31 heavy (non-hydrogen) atoms.